The average Bonchev–Trinajstić information content (AvgIpc) is 2.53. The Labute approximate surface area is 47.4 Å². The van der Waals surface area contributed by atoms with Crippen molar-refractivity contribution in [3.8, 4) is 0 Å². The molecule has 4 aliphatic rings. The first kappa shape index (κ1) is 3.65. The largest absolute Gasteiger partial charge is 0.212 e. The minimum atomic E-state index is 0.157. The molecule has 2 fully saturated rings. The molecule has 0 spiro atoms. The minimum absolute atomic E-state index is 0.157. The molecule has 0 aromatic heterocycles. The molecular formula is C7H7F. The van der Waals surface area contributed by atoms with Crippen LogP contribution in [0.1, 0.15) is 6.42 Å². The standard InChI is InChI=1S/C7H7F/c8-3-1-4-6-5(2-3)7(4)6/h1,4-7H,2H2. The summed E-state index contributed by atoms with van der Waals surface area (Å²) in [4.78, 5) is 0. The second kappa shape index (κ2) is 0.772. The van der Waals surface area contributed by atoms with E-state index in [9.17, 15) is 4.39 Å². The molecule has 0 N–H and O–H groups in total. The minimum Gasteiger partial charge on any atom is -0.212 e. The smallest absolute Gasteiger partial charge is 0.0965 e. The monoisotopic (exact) mass is 110 g/mol. The summed E-state index contributed by atoms with van der Waals surface area (Å²) >= 11 is 0. The highest BCUT2D eigenvalue weighted by Crippen LogP contribution is 2.77. The fraction of sp³-hybridized carbons (Fsp3) is 0.714. The molecule has 0 aromatic rings. The Hall–Kier alpha value is -0.330. The van der Waals surface area contributed by atoms with Crippen molar-refractivity contribution in [3.63, 3.8) is 0 Å². The first-order chi connectivity index (χ1) is 3.88. The van der Waals surface area contributed by atoms with Crippen molar-refractivity contribution in [2.45, 2.75) is 6.42 Å². The molecule has 42 valence electrons. The molecule has 0 radical (unpaired) electrons. The number of fused-ring (bicyclic) bond motifs is 1. The second-order valence-corrected chi connectivity index (χ2v) is 3.21. The average molecular weight is 110 g/mol. The highest BCUT2D eigenvalue weighted by molar-refractivity contribution is 5.32. The van der Waals surface area contributed by atoms with E-state index in [1.807, 2.05) is 6.08 Å². The van der Waals surface area contributed by atoms with Crippen LogP contribution < -0.4 is 0 Å². The van der Waals surface area contributed by atoms with Gasteiger partial charge in [0.2, 0.25) is 0 Å². The summed E-state index contributed by atoms with van der Waals surface area (Å²) in [5.74, 6) is 3.56. The molecule has 0 aliphatic heterocycles. The zero-order chi connectivity index (χ0) is 5.30. The fourth-order valence-corrected chi connectivity index (χ4v) is 2.23. The molecule has 0 heterocycles. The summed E-state index contributed by atoms with van der Waals surface area (Å²) in [5.41, 5.74) is 0. The molecule has 4 aliphatic carbocycles. The van der Waals surface area contributed by atoms with E-state index in [1.165, 1.54) is 0 Å². The molecule has 0 saturated heterocycles. The number of hydrogen-bond acceptors (Lipinski definition) is 0. The van der Waals surface area contributed by atoms with Crippen LogP contribution in [0.2, 0.25) is 0 Å². The first-order valence-electron chi connectivity index (χ1n) is 3.24. The van der Waals surface area contributed by atoms with Gasteiger partial charge in [-0.3, -0.25) is 0 Å². The van der Waals surface area contributed by atoms with E-state index in [-0.39, 0.29) is 5.83 Å². The van der Waals surface area contributed by atoms with Crippen molar-refractivity contribution in [1.82, 2.24) is 0 Å². The van der Waals surface area contributed by atoms with E-state index >= 15 is 0 Å². The highest BCUT2D eigenvalue weighted by atomic mass is 19.1. The van der Waals surface area contributed by atoms with E-state index < -0.39 is 0 Å². The number of allylic oxidation sites excluding steroid dienone is 2. The van der Waals surface area contributed by atoms with Crippen LogP contribution in [0.25, 0.3) is 0 Å². The van der Waals surface area contributed by atoms with Crippen LogP contribution in [0.15, 0.2) is 11.9 Å². The van der Waals surface area contributed by atoms with Crippen molar-refractivity contribution in [1.29, 1.82) is 0 Å². The van der Waals surface area contributed by atoms with Gasteiger partial charge in [-0.05, 0) is 29.7 Å². The van der Waals surface area contributed by atoms with Gasteiger partial charge in [0.05, 0.1) is 5.83 Å². The van der Waals surface area contributed by atoms with Gasteiger partial charge in [-0.1, -0.05) is 0 Å². The third-order valence-electron chi connectivity index (χ3n) is 2.84. The predicted molar refractivity (Wildman–Crippen MR) is 27.8 cm³/mol. The predicted octanol–water partition coefficient (Wildman–Crippen LogP) is 1.74. The van der Waals surface area contributed by atoms with E-state index in [4.69, 9.17) is 0 Å². The lowest BCUT2D eigenvalue weighted by molar-refractivity contribution is 0.426. The topological polar surface area (TPSA) is 0 Å². The SMILES string of the molecule is FC1=CC2C3C(C1)C23. The van der Waals surface area contributed by atoms with Crippen LogP contribution in [0.3, 0.4) is 0 Å². The summed E-state index contributed by atoms with van der Waals surface area (Å²) < 4.78 is 12.3. The van der Waals surface area contributed by atoms with E-state index in [2.05, 4.69) is 0 Å². The van der Waals surface area contributed by atoms with Crippen LogP contribution in [-0.4, -0.2) is 0 Å². The maximum absolute atomic E-state index is 12.3. The molecule has 4 rings (SSSR count). The number of halogens is 1. The molecule has 8 heavy (non-hydrogen) atoms. The van der Waals surface area contributed by atoms with Gasteiger partial charge in [-0.25, -0.2) is 4.39 Å². The van der Waals surface area contributed by atoms with Gasteiger partial charge in [0.25, 0.3) is 0 Å². The summed E-state index contributed by atoms with van der Waals surface area (Å²) in [6.45, 7) is 0. The van der Waals surface area contributed by atoms with Gasteiger partial charge < -0.3 is 0 Å². The third-order valence-corrected chi connectivity index (χ3v) is 2.84. The summed E-state index contributed by atoms with van der Waals surface area (Å²) in [6, 6.07) is 0. The van der Waals surface area contributed by atoms with Crippen LogP contribution in [0.5, 0.6) is 0 Å². The van der Waals surface area contributed by atoms with Crippen LogP contribution in [-0.2, 0) is 0 Å². The molecule has 0 amide bonds. The lowest BCUT2D eigenvalue weighted by Crippen LogP contribution is -2.04. The lowest BCUT2D eigenvalue weighted by atomic mass is 9.95. The third kappa shape index (κ3) is 0.221. The maximum Gasteiger partial charge on any atom is 0.0965 e. The maximum atomic E-state index is 12.3. The van der Waals surface area contributed by atoms with Gasteiger partial charge in [0.1, 0.15) is 0 Å². The van der Waals surface area contributed by atoms with Gasteiger partial charge in [-0.2, -0.15) is 0 Å². The Morgan fingerprint density at radius 2 is 2.25 bits per heavy atom. The van der Waals surface area contributed by atoms with Crippen LogP contribution in [0, 0.1) is 23.7 Å². The fourth-order valence-electron chi connectivity index (χ4n) is 2.23. The van der Waals surface area contributed by atoms with Gasteiger partial charge in [0, 0.05) is 6.42 Å². The molecule has 2 unspecified atom stereocenters. The first-order valence-corrected chi connectivity index (χ1v) is 3.24. The molecule has 2 atom stereocenters. The summed E-state index contributed by atoms with van der Waals surface area (Å²) in [5, 5.41) is 0. The molecule has 2 saturated carbocycles. The van der Waals surface area contributed by atoms with Crippen molar-refractivity contribution < 1.29 is 4.39 Å². The number of hydrogen-bond donors (Lipinski definition) is 0. The second-order valence-electron chi connectivity index (χ2n) is 3.21. The van der Waals surface area contributed by atoms with Crippen molar-refractivity contribution in [2.24, 2.45) is 23.7 Å². The zero-order valence-electron chi connectivity index (χ0n) is 4.47. The van der Waals surface area contributed by atoms with E-state index in [0.717, 1.165) is 24.2 Å². The number of rotatable bonds is 0. The molecule has 0 aromatic carbocycles. The van der Waals surface area contributed by atoms with Crippen LogP contribution >= 0.6 is 0 Å². The van der Waals surface area contributed by atoms with E-state index in [0.29, 0.717) is 5.92 Å². The summed E-state index contributed by atoms with van der Waals surface area (Å²) in [6.07, 6.45) is 2.60. The van der Waals surface area contributed by atoms with Gasteiger partial charge >= 0.3 is 0 Å². The van der Waals surface area contributed by atoms with Gasteiger partial charge in [-0.15, -0.1) is 0 Å². The highest BCUT2D eigenvalue weighted by Gasteiger charge is 2.73. The Bertz CT molecular complexity index is 173. The molecule has 0 nitrogen and oxygen atoms in total. The van der Waals surface area contributed by atoms with Gasteiger partial charge in [0.15, 0.2) is 0 Å². The summed E-state index contributed by atoms with van der Waals surface area (Å²) in [7, 11) is 0. The Balaban J connectivity index is 2.05. The molecular weight excluding hydrogens is 103 g/mol. The van der Waals surface area contributed by atoms with Crippen molar-refractivity contribution in [2.75, 3.05) is 0 Å². The Morgan fingerprint density at radius 1 is 1.50 bits per heavy atom. The Kier molecular flexibility index (Phi) is 0.352. The normalized spacial score (nSPS) is 63.9. The van der Waals surface area contributed by atoms with Crippen LogP contribution in [0.4, 0.5) is 4.39 Å². The molecule has 2 bridgehead atoms. The van der Waals surface area contributed by atoms with E-state index in [1.54, 1.807) is 0 Å². The lowest BCUT2D eigenvalue weighted by Gasteiger charge is -2.12. The zero-order valence-corrected chi connectivity index (χ0v) is 4.47. The molecule has 1 heteroatoms. The Morgan fingerprint density at radius 3 is 2.62 bits per heavy atom. The van der Waals surface area contributed by atoms with Crippen molar-refractivity contribution >= 4 is 0 Å². The van der Waals surface area contributed by atoms with Crippen molar-refractivity contribution in [3.05, 3.63) is 11.9 Å². The quantitative estimate of drug-likeness (QED) is 0.445.